The molecule has 0 aliphatic carbocycles. The Bertz CT molecular complexity index is 258. The number of rotatable bonds is 1. The Balaban J connectivity index is 3.13. The fourth-order valence-corrected chi connectivity index (χ4v) is 1.27. The van der Waals surface area contributed by atoms with Crippen LogP contribution in [0.2, 0.25) is 0 Å². The number of hydrogen-bond donors (Lipinski definition) is 0. The van der Waals surface area contributed by atoms with Crippen LogP contribution in [0.1, 0.15) is 5.69 Å². The fraction of sp³-hybridized carbons (Fsp3) is 0.375. The van der Waals surface area contributed by atoms with E-state index in [0.29, 0.717) is 0 Å². The Labute approximate surface area is 75.4 Å². The summed E-state index contributed by atoms with van der Waals surface area (Å²) < 4.78 is 1.02. The molecule has 0 unspecified atom stereocenters. The molecule has 0 saturated carbocycles. The van der Waals surface area contributed by atoms with Crippen LogP contribution in [0.3, 0.4) is 0 Å². The molecule has 0 aliphatic heterocycles. The first-order valence-electron chi connectivity index (χ1n) is 3.40. The summed E-state index contributed by atoms with van der Waals surface area (Å²) in [6.45, 7) is 2.00. The van der Waals surface area contributed by atoms with Gasteiger partial charge in [-0.25, -0.2) is 0 Å². The molecular formula is C8H11BrN2. The Morgan fingerprint density at radius 1 is 1.45 bits per heavy atom. The molecule has 0 radical (unpaired) electrons. The predicted molar refractivity (Wildman–Crippen MR) is 51.0 cm³/mol. The van der Waals surface area contributed by atoms with Gasteiger partial charge in [-0.15, -0.1) is 0 Å². The average molecular weight is 215 g/mol. The average Bonchev–Trinajstić information content (AvgIpc) is 1.94. The molecule has 1 aromatic rings. The number of anilines is 1. The minimum atomic E-state index is 1.02. The van der Waals surface area contributed by atoms with Gasteiger partial charge in [-0.1, -0.05) is 0 Å². The van der Waals surface area contributed by atoms with Gasteiger partial charge in [0, 0.05) is 24.8 Å². The van der Waals surface area contributed by atoms with Crippen LogP contribution in [0.25, 0.3) is 0 Å². The van der Waals surface area contributed by atoms with E-state index in [1.54, 1.807) is 0 Å². The van der Waals surface area contributed by atoms with Crippen molar-refractivity contribution in [2.75, 3.05) is 19.0 Å². The van der Waals surface area contributed by atoms with Gasteiger partial charge in [-0.05, 0) is 28.9 Å². The highest BCUT2D eigenvalue weighted by molar-refractivity contribution is 9.10. The van der Waals surface area contributed by atoms with Gasteiger partial charge in [0.1, 0.15) is 0 Å². The van der Waals surface area contributed by atoms with E-state index in [1.165, 1.54) is 0 Å². The number of aryl methyl sites for hydroxylation is 1. The van der Waals surface area contributed by atoms with Crippen molar-refractivity contribution in [1.29, 1.82) is 0 Å². The molecule has 0 atom stereocenters. The van der Waals surface area contributed by atoms with Crippen LogP contribution in [0.5, 0.6) is 0 Å². The third-order valence-corrected chi connectivity index (χ3v) is 1.94. The maximum Gasteiger partial charge on any atom is 0.0606 e. The third kappa shape index (κ3) is 1.93. The van der Waals surface area contributed by atoms with Crippen molar-refractivity contribution in [1.82, 2.24) is 4.98 Å². The summed E-state index contributed by atoms with van der Waals surface area (Å²) >= 11 is 3.38. The van der Waals surface area contributed by atoms with Crippen molar-refractivity contribution >= 4 is 21.6 Å². The van der Waals surface area contributed by atoms with Crippen molar-refractivity contribution in [3.05, 3.63) is 22.4 Å². The van der Waals surface area contributed by atoms with Crippen LogP contribution in [-0.4, -0.2) is 19.1 Å². The van der Waals surface area contributed by atoms with Gasteiger partial charge in [0.25, 0.3) is 0 Å². The molecular weight excluding hydrogens is 204 g/mol. The summed E-state index contributed by atoms with van der Waals surface area (Å²) in [5.74, 6) is 0. The standard InChI is InChI=1S/C8H11BrN2/c1-6-8(11(2)3)4-7(9)5-10-6/h4-5H,1-3H3. The highest BCUT2D eigenvalue weighted by Crippen LogP contribution is 2.19. The molecule has 0 saturated heterocycles. The lowest BCUT2D eigenvalue weighted by Gasteiger charge is -2.14. The van der Waals surface area contributed by atoms with Crippen LogP contribution in [0.4, 0.5) is 5.69 Å². The predicted octanol–water partition coefficient (Wildman–Crippen LogP) is 2.22. The molecule has 1 rings (SSSR count). The Hall–Kier alpha value is -0.570. The SMILES string of the molecule is Cc1ncc(Br)cc1N(C)C. The molecule has 0 aliphatic rings. The summed E-state index contributed by atoms with van der Waals surface area (Å²) in [7, 11) is 4.02. The summed E-state index contributed by atoms with van der Waals surface area (Å²) in [5, 5.41) is 0. The van der Waals surface area contributed by atoms with Gasteiger partial charge >= 0.3 is 0 Å². The second-order valence-corrected chi connectivity index (χ2v) is 3.57. The molecule has 0 aromatic carbocycles. The summed E-state index contributed by atoms with van der Waals surface area (Å²) in [6, 6.07) is 2.06. The molecule has 60 valence electrons. The largest absolute Gasteiger partial charge is 0.376 e. The molecule has 11 heavy (non-hydrogen) atoms. The number of halogens is 1. The maximum absolute atomic E-state index is 4.21. The molecule has 1 heterocycles. The van der Waals surface area contributed by atoms with E-state index in [4.69, 9.17) is 0 Å². The molecule has 0 fully saturated rings. The lowest BCUT2D eigenvalue weighted by molar-refractivity contribution is 1.07. The van der Waals surface area contributed by atoms with Crippen LogP contribution < -0.4 is 4.90 Å². The van der Waals surface area contributed by atoms with Gasteiger partial charge < -0.3 is 4.90 Å². The van der Waals surface area contributed by atoms with Gasteiger partial charge in [-0.2, -0.15) is 0 Å². The summed E-state index contributed by atoms with van der Waals surface area (Å²) in [6.07, 6.45) is 1.81. The van der Waals surface area contributed by atoms with Crippen molar-refractivity contribution in [3.8, 4) is 0 Å². The van der Waals surface area contributed by atoms with Gasteiger partial charge in [0.2, 0.25) is 0 Å². The van der Waals surface area contributed by atoms with Crippen LogP contribution in [-0.2, 0) is 0 Å². The van der Waals surface area contributed by atoms with E-state index in [-0.39, 0.29) is 0 Å². The van der Waals surface area contributed by atoms with E-state index in [9.17, 15) is 0 Å². The van der Waals surface area contributed by atoms with Crippen molar-refractivity contribution in [2.24, 2.45) is 0 Å². The molecule has 3 heteroatoms. The van der Waals surface area contributed by atoms with E-state index >= 15 is 0 Å². The second kappa shape index (κ2) is 3.22. The molecule has 0 N–H and O–H groups in total. The normalized spacial score (nSPS) is 9.82. The fourth-order valence-electron chi connectivity index (χ4n) is 0.950. The van der Waals surface area contributed by atoms with Crippen molar-refractivity contribution in [2.45, 2.75) is 6.92 Å². The highest BCUT2D eigenvalue weighted by atomic mass is 79.9. The topological polar surface area (TPSA) is 16.1 Å². The van der Waals surface area contributed by atoms with E-state index in [1.807, 2.05) is 32.1 Å². The van der Waals surface area contributed by atoms with Crippen molar-refractivity contribution < 1.29 is 0 Å². The quantitative estimate of drug-likeness (QED) is 0.713. The van der Waals surface area contributed by atoms with Gasteiger partial charge in [0.05, 0.1) is 11.4 Å². The smallest absolute Gasteiger partial charge is 0.0606 e. The Kier molecular flexibility index (Phi) is 2.49. The zero-order chi connectivity index (χ0) is 8.43. The van der Waals surface area contributed by atoms with Crippen LogP contribution in [0.15, 0.2) is 16.7 Å². The van der Waals surface area contributed by atoms with Crippen LogP contribution >= 0.6 is 15.9 Å². The van der Waals surface area contributed by atoms with Crippen molar-refractivity contribution in [3.63, 3.8) is 0 Å². The monoisotopic (exact) mass is 214 g/mol. The number of nitrogens with zero attached hydrogens (tertiary/aromatic N) is 2. The number of aromatic nitrogens is 1. The Morgan fingerprint density at radius 3 is 2.55 bits per heavy atom. The zero-order valence-electron chi connectivity index (χ0n) is 6.93. The van der Waals surface area contributed by atoms with Gasteiger partial charge in [0.15, 0.2) is 0 Å². The Morgan fingerprint density at radius 2 is 2.09 bits per heavy atom. The van der Waals surface area contributed by atoms with E-state index in [0.717, 1.165) is 15.9 Å². The third-order valence-electron chi connectivity index (χ3n) is 1.51. The molecule has 0 amide bonds. The summed E-state index contributed by atoms with van der Waals surface area (Å²) in [4.78, 5) is 6.26. The minimum Gasteiger partial charge on any atom is -0.376 e. The maximum atomic E-state index is 4.21. The zero-order valence-corrected chi connectivity index (χ0v) is 8.51. The highest BCUT2D eigenvalue weighted by Gasteiger charge is 2.00. The molecule has 2 nitrogen and oxygen atoms in total. The number of pyridine rings is 1. The first-order chi connectivity index (χ1) is 5.11. The summed E-state index contributed by atoms with van der Waals surface area (Å²) in [5.41, 5.74) is 2.21. The first kappa shape index (κ1) is 8.53. The van der Waals surface area contributed by atoms with E-state index < -0.39 is 0 Å². The van der Waals surface area contributed by atoms with Gasteiger partial charge in [-0.3, -0.25) is 4.98 Å². The molecule has 0 spiro atoms. The minimum absolute atomic E-state index is 1.02. The lowest BCUT2D eigenvalue weighted by atomic mass is 10.3. The first-order valence-corrected chi connectivity index (χ1v) is 4.20. The molecule has 0 bridgehead atoms. The van der Waals surface area contributed by atoms with Crippen LogP contribution in [0, 0.1) is 6.92 Å². The second-order valence-electron chi connectivity index (χ2n) is 2.65. The number of hydrogen-bond acceptors (Lipinski definition) is 2. The molecule has 1 aromatic heterocycles. The van der Waals surface area contributed by atoms with E-state index in [2.05, 4.69) is 27.0 Å². The lowest BCUT2D eigenvalue weighted by Crippen LogP contribution is -2.10.